The van der Waals surface area contributed by atoms with Crippen molar-refractivity contribution in [2.24, 2.45) is 7.05 Å². The van der Waals surface area contributed by atoms with Crippen molar-refractivity contribution in [1.82, 2.24) is 19.2 Å². The number of Topliss-reactive ketones (excluding diaryl/α,β-unsaturated/α-hetero) is 1. The monoisotopic (exact) mass is 463 g/mol. The number of nitrogens with one attached hydrogen (secondary N) is 1. The van der Waals surface area contributed by atoms with Crippen LogP contribution in [0.3, 0.4) is 0 Å². The SMILES string of the molecule is Cc1ccc(C(=O)Cc2cccc(F)c2)cc1C#Cc1cnc2c(Nc3cnn(C)c3)cccn12. The molecule has 6 nitrogen and oxygen atoms in total. The highest BCUT2D eigenvalue weighted by Crippen LogP contribution is 2.21. The Morgan fingerprint density at radius 3 is 2.77 bits per heavy atom. The standard InChI is InChI=1S/C28H22FN5O/c1-19-8-9-22(27(35)14-20-5-3-6-23(29)13-20)15-21(19)10-11-25-17-30-28-26(7-4-12-34(25)28)32-24-16-31-33(2)18-24/h3-9,12-13,15-18,32H,14H2,1-2H3. The lowest BCUT2D eigenvalue weighted by atomic mass is 9.99. The topological polar surface area (TPSA) is 64.2 Å². The second kappa shape index (κ2) is 9.27. The van der Waals surface area contributed by atoms with Gasteiger partial charge in [0.1, 0.15) is 11.5 Å². The molecule has 0 aliphatic rings. The van der Waals surface area contributed by atoms with E-state index < -0.39 is 0 Å². The number of hydrogen-bond acceptors (Lipinski definition) is 4. The molecule has 0 aliphatic heterocycles. The van der Waals surface area contributed by atoms with Gasteiger partial charge in [0.05, 0.1) is 23.8 Å². The molecule has 5 aromatic rings. The van der Waals surface area contributed by atoms with E-state index in [1.165, 1.54) is 12.1 Å². The fraction of sp³-hybridized carbons (Fsp3) is 0.107. The number of imidazole rings is 1. The zero-order valence-electron chi connectivity index (χ0n) is 19.3. The minimum absolute atomic E-state index is 0.0837. The number of benzene rings is 2. The Bertz CT molecular complexity index is 1620. The first-order chi connectivity index (χ1) is 17.0. The number of fused-ring (bicyclic) bond motifs is 1. The molecule has 3 heterocycles. The molecule has 7 heteroatoms. The van der Waals surface area contributed by atoms with Crippen molar-refractivity contribution in [3.8, 4) is 11.8 Å². The van der Waals surface area contributed by atoms with Crippen LogP contribution in [-0.2, 0) is 13.5 Å². The van der Waals surface area contributed by atoms with Crippen molar-refractivity contribution in [3.05, 3.63) is 113 Å². The van der Waals surface area contributed by atoms with Gasteiger partial charge in [-0.1, -0.05) is 30.2 Å². The molecule has 172 valence electrons. The second-order valence-electron chi connectivity index (χ2n) is 8.30. The van der Waals surface area contributed by atoms with Crippen molar-refractivity contribution >= 4 is 22.8 Å². The van der Waals surface area contributed by atoms with Crippen LogP contribution in [0.5, 0.6) is 0 Å². The van der Waals surface area contributed by atoms with Crippen molar-refractivity contribution in [2.45, 2.75) is 13.3 Å². The van der Waals surface area contributed by atoms with Crippen LogP contribution in [0.15, 0.2) is 79.4 Å². The van der Waals surface area contributed by atoms with E-state index in [1.807, 2.05) is 49.0 Å². The fourth-order valence-electron chi connectivity index (χ4n) is 3.84. The van der Waals surface area contributed by atoms with Gasteiger partial charge >= 0.3 is 0 Å². The third-order valence-electron chi connectivity index (χ3n) is 5.66. The predicted octanol–water partition coefficient (Wildman–Crippen LogP) is 5.08. The van der Waals surface area contributed by atoms with E-state index in [-0.39, 0.29) is 18.0 Å². The summed E-state index contributed by atoms with van der Waals surface area (Å²) in [7, 11) is 1.86. The summed E-state index contributed by atoms with van der Waals surface area (Å²) in [6.07, 6.45) is 7.41. The first-order valence-corrected chi connectivity index (χ1v) is 11.1. The lowest BCUT2D eigenvalue weighted by Crippen LogP contribution is -2.04. The number of rotatable bonds is 5. The molecular formula is C28H22FN5O. The molecule has 0 atom stereocenters. The van der Waals surface area contributed by atoms with Crippen LogP contribution in [0.1, 0.15) is 32.7 Å². The number of anilines is 2. The number of halogens is 1. The highest BCUT2D eigenvalue weighted by atomic mass is 19.1. The van der Waals surface area contributed by atoms with Crippen molar-refractivity contribution in [2.75, 3.05) is 5.32 Å². The summed E-state index contributed by atoms with van der Waals surface area (Å²) >= 11 is 0. The number of pyridine rings is 1. The normalized spacial score (nSPS) is 10.7. The van der Waals surface area contributed by atoms with E-state index in [1.54, 1.807) is 41.3 Å². The molecule has 0 unspecified atom stereocenters. The van der Waals surface area contributed by atoms with Gasteiger partial charge in [-0.25, -0.2) is 9.37 Å². The lowest BCUT2D eigenvalue weighted by Gasteiger charge is -2.06. The molecular weight excluding hydrogens is 441 g/mol. The number of nitrogens with zero attached hydrogens (tertiary/aromatic N) is 4. The number of aromatic nitrogens is 4. The summed E-state index contributed by atoms with van der Waals surface area (Å²) in [6.45, 7) is 1.95. The van der Waals surface area contributed by atoms with Gasteiger partial charge in [-0.3, -0.25) is 13.9 Å². The molecule has 2 aromatic carbocycles. The van der Waals surface area contributed by atoms with Crippen LogP contribution in [0.2, 0.25) is 0 Å². The third-order valence-corrected chi connectivity index (χ3v) is 5.66. The maximum absolute atomic E-state index is 13.5. The molecule has 0 saturated heterocycles. The Labute approximate surface area is 202 Å². The van der Waals surface area contributed by atoms with E-state index in [4.69, 9.17) is 0 Å². The van der Waals surface area contributed by atoms with Gasteiger partial charge < -0.3 is 5.32 Å². The Balaban J connectivity index is 1.41. The largest absolute Gasteiger partial charge is 0.350 e. The number of aryl methyl sites for hydroxylation is 2. The van der Waals surface area contributed by atoms with Crippen LogP contribution in [0, 0.1) is 24.6 Å². The Kier molecular flexibility index (Phi) is 5.86. The Morgan fingerprint density at radius 1 is 1.09 bits per heavy atom. The molecule has 0 aliphatic carbocycles. The molecule has 0 saturated carbocycles. The maximum atomic E-state index is 13.5. The summed E-state index contributed by atoms with van der Waals surface area (Å²) in [4.78, 5) is 17.3. The minimum Gasteiger partial charge on any atom is -0.350 e. The summed E-state index contributed by atoms with van der Waals surface area (Å²) in [5.41, 5.74) is 6.10. The van der Waals surface area contributed by atoms with Crippen LogP contribution >= 0.6 is 0 Å². The van der Waals surface area contributed by atoms with Gasteiger partial charge in [-0.15, -0.1) is 0 Å². The third kappa shape index (κ3) is 4.82. The average Bonchev–Trinajstić information content (AvgIpc) is 3.45. The highest BCUT2D eigenvalue weighted by Gasteiger charge is 2.10. The molecule has 0 radical (unpaired) electrons. The summed E-state index contributed by atoms with van der Waals surface area (Å²) in [5.74, 6) is 5.95. The molecule has 1 N–H and O–H groups in total. The maximum Gasteiger partial charge on any atom is 0.167 e. The van der Waals surface area contributed by atoms with Gasteiger partial charge in [-0.2, -0.15) is 5.10 Å². The Hall–Kier alpha value is -4.70. The van der Waals surface area contributed by atoms with Crippen molar-refractivity contribution < 1.29 is 9.18 Å². The van der Waals surface area contributed by atoms with E-state index in [9.17, 15) is 9.18 Å². The van der Waals surface area contributed by atoms with E-state index in [0.717, 1.165) is 33.8 Å². The fourth-order valence-corrected chi connectivity index (χ4v) is 3.84. The molecule has 5 rings (SSSR count). The zero-order valence-corrected chi connectivity index (χ0v) is 19.3. The molecule has 3 aromatic heterocycles. The predicted molar refractivity (Wildman–Crippen MR) is 133 cm³/mol. The summed E-state index contributed by atoms with van der Waals surface area (Å²) < 4.78 is 17.1. The molecule has 0 amide bonds. The van der Waals surface area contributed by atoms with Crippen molar-refractivity contribution in [3.63, 3.8) is 0 Å². The number of carbonyl (C=O) groups excluding carboxylic acids is 1. The van der Waals surface area contributed by atoms with Gasteiger partial charge in [0.15, 0.2) is 11.4 Å². The van der Waals surface area contributed by atoms with Crippen LogP contribution in [0.25, 0.3) is 5.65 Å². The van der Waals surface area contributed by atoms with Crippen molar-refractivity contribution in [1.29, 1.82) is 0 Å². The number of ketones is 1. The van der Waals surface area contributed by atoms with Crippen LogP contribution in [-0.4, -0.2) is 24.9 Å². The van der Waals surface area contributed by atoms with E-state index in [2.05, 4.69) is 27.2 Å². The molecule has 0 spiro atoms. The van der Waals surface area contributed by atoms with Gasteiger partial charge in [-0.05, 0) is 54.3 Å². The smallest absolute Gasteiger partial charge is 0.167 e. The first-order valence-electron chi connectivity index (χ1n) is 11.1. The molecule has 0 fully saturated rings. The summed E-state index contributed by atoms with van der Waals surface area (Å²) in [5, 5.41) is 7.51. The molecule has 0 bridgehead atoms. The van der Waals surface area contributed by atoms with E-state index >= 15 is 0 Å². The molecule has 35 heavy (non-hydrogen) atoms. The van der Waals surface area contributed by atoms with Gasteiger partial charge in [0.25, 0.3) is 0 Å². The first kappa shape index (κ1) is 22.1. The summed E-state index contributed by atoms with van der Waals surface area (Å²) in [6, 6.07) is 15.4. The number of carbonyl (C=O) groups is 1. The minimum atomic E-state index is -0.349. The van der Waals surface area contributed by atoms with E-state index in [0.29, 0.717) is 11.1 Å². The van der Waals surface area contributed by atoms with Crippen LogP contribution < -0.4 is 5.32 Å². The average molecular weight is 464 g/mol. The second-order valence-corrected chi connectivity index (χ2v) is 8.30. The Morgan fingerprint density at radius 2 is 1.97 bits per heavy atom. The van der Waals surface area contributed by atoms with Gasteiger partial charge in [0.2, 0.25) is 0 Å². The zero-order chi connectivity index (χ0) is 24.4. The highest BCUT2D eigenvalue weighted by molar-refractivity contribution is 5.98. The number of hydrogen-bond donors (Lipinski definition) is 1. The van der Waals surface area contributed by atoms with Gasteiger partial charge in [0, 0.05) is 37.0 Å². The van der Waals surface area contributed by atoms with Crippen LogP contribution in [0.4, 0.5) is 15.8 Å². The lowest BCUT2D eigenvalue weighted by molar-refractivity contribution is 0.0993. The quantitative estimate of drug-likeness (QED) is 0.292.